The summed E-state index contributed by atoms with van der Waals surface area (Å²) < 4.78 is 10.5. The quantitative estimate of drug-likeness (QED) is 0.359. The first-order valence-electron chi connectivity index (χ1n) is 8.50. The van der Waals surface area contributed by atoms with Gasteiger partial charge in [0.2, 0.25) is 0 Å². The van der Waals surface area contributed by atoms with Gasteiger partial charge in [-0.15, -0.1) is 0 Å². The summed E-state index contributed by atoms with van der Waals surface area (Å²) in [5.74, 6) is 0.484. The predicted molar refractivity (Wildman–Crippen MR) is 105 cm³/mol. The average molecular weight is 366 g/mol. The minimum absolute atomic E-state index is 0.262. The zero-order valence-electron chi connectivity index (χ0n) is 14.7. The van der Waals surface area contributed by atoms with Gasteiger partial charge in [0.15, 0.2) is 0 Å². The molecule has 0 aromatic heterocycles. The lowest BCUT2D eigenvalue weighted by atomic mass is 10.3. The molecule has 134 valence electrons. The summed E-state index contributed by atoms with van der Waals surface area (Å²) in [6.07, 6.45) is 0. The summed E-state index contributed by atoms with van der Waals surface area (Å²) in [4.78, 5) is 14.7. The summed E-state index contributed by atoms with van der Waals surface area (Å²) >= 11 is 0. The number of carbonyl (C=O) groups is 1. The van der Waals surface area contributed by atoms with Gasteiger partial charge in [-0.1, -0.05) is 36.4 Å². The fourth-order valence-corrected chi connectivity index (χ4v) is 4.92. The molecule has 0 saturated heterocycles. The fourth-order valence-electron chi connectivity index (χ4n) is 2.64. The Kier molecular flexibility index (Phi) is 6.34. The van der Waals surface area contributed by atoms with Crippen molar-refractivity contribution in [3.05, 3.63) is 84.9 Å². The van der Waals surface area contributed by atoms with Crippen LogP contribution in [0.25, 0.3) is 0 Å². The monoisotopic (exact) mass is 366 g/mol. The lowest BCUT2D eigenvalue weighted by Crippen LogP contribution is -2.09. The third-order valence-electron chi connectivity index (χ3n) is 3.78. The van der Waals surface area contributed by atoms with E-state index in [0.29, 0.717) is 6.61 Å². The first-order chi connectivity index (χ1) is 12.7. The highest BCUT2D eigenvalue weighted by Gasteiger charge is 2.12. The number of rotatable bonds is 7. The van der Waals surface area contributed by atoms with Crippen LogP contribution in [0.2, 0.25) is 0 Å². The Labute approximate surface area is 156 Å². The van der Waals surface area contributed by atoms with Gasteiger partial charge in [-0.2, -0.15) is 10.9 Å². The van der Waals surface area contributed by atoms with Crippen LogP contribution in [-0.2, 0) is 9.53 Å². The Morgan fingerprint density at radius 1 is 0.731 bits per heavy atom. The standard InChI is InChI=1S/C22H22O3S/c1-18(23)24-16-17-25-19-12-14-22(15-13-19)26(20-8-4-2-5-9-20)21-10-6-3-7-11-21/h2-15,26H,16-17H2,1H3. The highest BCUT2D eigenvalue weighted by atomic mass is 32.2. The van der Waals surface area contributed by atoms with E-state index in [4.69, 9.17) is 9.47 Å². The van der Waals surface area contributed by atoms with Crippen molar-refractivity contribution in [3.8, 4) is 5.75 Å². The molecule has 0 radical (unpaired) electrons. The molecule has 4 heteroatoms. The van der Waals surface area contributed by atoms with E-state index in [-0.39, 0.29) is 12.6 Å². The van der Waals surface area contributed by atoms with Gasteiger partial charge < -0.3 is 9.47 Å². The average Bonchev–Trinajstić information content (AvgIpc) is 2.68. The van der Waals surface area contributed by atoms with Crippen LogP contribution in [0.15, 0.2) is 99.6 Å². The van der Waals surface area contributed by atoms with Crippen LogP contribution in [0.3, 0.4) is 0 Å². The number of thiol groups is 1. The smallest absolute Gasteiger partial charge is 0.302 e. The van der Waals surface area contributed by atoms with Crippen LogP contribution < -0.4 is 4.74 Å². The van der Waals surface area contributed by atoms with E-state index in [1.165, 1.54) is 21.6 Å². The van der Waals surface area contributed by atoms with Crippen LogP contribution >= 0.6 is 10.9 Å². The van der Waals surface area contributed by atoms with Gasteiger partial charge in [0.25, 0.3) is 0 Å². The second-order valence-corrected chi connectivity index (χ2v) is 7.91. The maximum Gasteiger partial charge on any atom is 0.302 e. The van der Waals surface area contributed by atoms with Crippen molar-refractivity contribution in [2.24, 2.45) is 0 Å². The van der Waals surface area contributed by atoms with Gasteiger partial charge in [0.05, 0.1) is 0 Å². The van der Waals surface area contributed by atoms with Crippen molar-refractivity contribution in [1.29, 1.82) is 0 Å². The summed E-state index contributed by atoms with van der Waals surface area (Å²) in [5, 5.41) is 0. The van der Waals surface area contributed by atoms with E-state index in [9.17, 15) is 4.79 Å². The van der Waals surface area contributed by atoms with Crippen LogP contribution in [0.1, 0.15) is 6.92 Å². The van der Waals surface area contributed by atoms with Crippen LogP contribution in [0.5, 0.6) is 5.75 Å². The number of hydrogen-bond donors (Lipinski definition) is 1. The molecule has 3 aromatic carbocycles. The lowest BCUT2D eigenvalue weighted by molar-refractivity contribution is -0.141. The Hall–Kier alpha value is -2.72. The van der Waals surface area contributed by atoms with Gasteiger partial charge in [-0.25, -0.2) is 0 Å². The molecule has 0 spiro atoms. The molecular weight excluding hydrogens is 344 g/mol. The molecule has 3 nitrogen and oxygen atoms in total. The molecule has 0 amide bonds. The van der Waals surface area contributed by atoms with E-state index in [2.05, 4.69) is 60.7 Å². The van der Waals surface area contributed by atoms with E-state index >= 15 is 0 Å². The maximum absolute atomic E-state index is 10.8. The second kappa shape index (κ2) is 9.11. The van der Waals surface area contributed by atoms with Gasteiger partial charge >= 0.3 is 5.97 Å². The van der Waals surface area contributed by atoms with Gasteiger partial charge in [-0.05, 0) is 63.2 Å². The molecule has 0 aliphatic heterocycles. The molecule has 3 aromatic rings. The summed E-state index contributed by atoms with van der Waals surface area (Å²) in [6, 6.07) is 29.3. The summed E-state index contributed by atoms with van der Waals surface area (Å²) in [5.41, 5.74) is 0. The molecule has 0 fully saturated rings. The molecule has 0 unspecified atom stereocenters. The van der Waals surface area contributed by atoms with Crippen molar-refractivity contribution >= 4 is 16.9 Å². The van der Waals surface area contributed by atoms with Crippen molar-refractivity contribution in [1.82, 2.24) is 0 Å². The normalized spacial score (nSPS) is 10.9. The van der Waals surface area contributed by atoms with Crippen LogP contribution in [-0.4, -0.2) is 19.2 Å². The van der Waals surface area contributed by atoms with Crippen molar-refractivity contribution in [2.45, 2.75) is 21.6 Å². The summed E-state index contributed by atoms with van der Waals surface area (Å²) in [6.45, 7) is 2.01. The first kappa shape index (κ1) is 18.1. The zero-order valence-corrected chi connectivity index (χ0v) is 15.6. The lowest BCUT2D eigenvalue weighted by Gasteiger charge is -2.23. The molecule has 0 heterocycles. The Balaban J connectivity index is 1.78. The minimum Gasteiger partial charge on any atom is -0.490 e. The summed E-state index contributed by atoms with van der Waals surface area (Å²) in [7, 11) is -0.608. The molecule has 0 aliphatic carbocycles. The molecule has 0 saturated carbocycles. The molecule has 0 aliphatic rings. The SMILES string of the molecule is CC(=O)OCCOc1ccc([SH](c2ccccc2)c2ccccc2)cc1. The van der Waals surface area contributed by atoms with Crippen LogP contribution in [0.4, 0.5) is 0 Å². The van der Waals surface area contributed by atoms with Crippen LogP contribution in [0, 0.1) is 0 Å². The van der Waals surface area contributed by atoms with E-state index < -0.39 is 10.9 Å². The molecular formula is C22H22O3S. The van der Waals surface area contributed by atoms with Crippen molar-refractivity contribution in [3.63, 3.8) is 0 Å². The maximum atomic E-state index is 10.8. The number of benzene rings is 3. The van der Waals surface area contributed by atoms with Crippen molar-refractivity contribution in [2.75, 3.05) is 13.2 Å². The van der Waals surface area contributed by atoms with E-state index in [0.717, 1.165) is 5.75 Å². The topological polar surface area (TPSA) is 35.5 Å². The number of hydrogen-bond acceptors (Lipinski definition) is 3. The molecule has 26 heavy (non-hydrogen) atoms. The number of esters is 1. The largest absolute Gasteiger partial charge is 0.490 e. The highest BCUT2D eigenvalue weighted by Crippen LogP contribution is 2.51. The third kappa shape index (κ3) is 4.90. The fraction of sp³-hybridized carbons (Fsp3) is 0.136. The van der Waals surface area contributed by atoms with Gasteiger partial charge in [0, 0.05) is 6.92 Å². The van der Waals surface area contributed by atoms with E-state index in [1.54, 1.807) is 0 Å². The Bertz CT molecular complexity index is 778. The third-order valence-corrected chi connectivity index (χ3v) is 6.22. The number of carbonyl (C=O) groups excluding carboxylic acids is 1. The van der Waals surface area contributed by atoms with E-state index in [1.807, 2.05) is 24.3 Å². The minimum atomic E-state index is -0.608. The van der Waals surface area contributed by atoms with Crippen molar-refractivity contribution < 1.29 is 14.3 Å². The molecule has 3 rings (SSSR count). The van der Waals surface area contributed by atoms with Gasteiger partial charge in [0.1, 0.15) is 19.0 Å². The zero-order chi connectivity index (χ0) is 18.2. The molecule has 0 N–H and O–H groups in total. The Morgan fingerprint density at radius 2 is 1.23 bits per heavy atom. The van der Waals surface area contributed by atoms with Gasteiger partial charge in [-0.3, -0.25) is 4.79 Å². The first-order valence-corrected chi connectivity index (χ1v) is 9.84. The highest BCUT2D eigenvalue weighted by molar-refractivity contribution is 8.17. The second-order valence-electron chi connectivity index (χ2n) is 5.69. The molecule has 0 atom stereocenters. The predicted octanol–water partition coefficient (Wildman–Crippen LogP) is 5.11. The molecule has 0 bridgehead atoms. The number of ether oxygens (including phenoxy) is 2. The Morgan fingerprint density at radius 3 is 1.73 bits per heavy atom.